The van der Waals surface area contributed by atoms with Crippen molar-refractivity contribution in [3.63, 3.8) is 0 Å². The minimum Gasteiger partial charge on any atom is -0.383 e. The third-order valence-corrected chi connectivity index (χ3v) is 6.19. The molecule has 0 spiro atoms. The molecule has 3 aromatic heterocycles. The van der Waals surface area contributed by atoms with E-state index in [9.17, 15) is 4.79 Å². The summed E-state index contributed by atoms with van der Waals surface area (Å²) in [5.41, 5.74) is 12.4. The van der Waals surface area contributed by atoms with Gasteiger partial charge in [-0.25, -0.2) is 4.98 Å². The van der Waals surface area contributed by atoms with Crippen molar-refractivity contribution in [3.05, 3.63) is 76.4 Å². The summed E-state index contributed by atoms with van der Waals surface area (Å²) in [7, 11) is 1.81. The summed E-state index contributed by atoms with van der Waals surface area (Å²) in [4.78, 5) is 24.5. The molecule has 8 heteroatoms. The molecule has 170 valence electrons. The predicted octanol–water partition coefficient (Wildman–Crippen LogP) is 3.67. The van der Waals surface area contributed by atoms with Crippen molar-refractivity contribution < 1.29 is 9.53 Å². The van der Waals surface area contributed by atoms with E-state index in [2.05, 4.69) is 21.0 Å². The Morgan fingerprint density at radius 1 is 1.35 bits per heavy atom. The molecule has 1 atom stereocenters. The molecule has 5 rings (SSSR count). The van der Waals surface area contributed by atoms with Gasteiger partial charge in [0.2, 0.25) is 0 Å². The molecule has 1 amide bonds. The van der Waals surface area contributed by atoms with Gasteiger partial charge >= 0.3 is 0 Å². The molecule has 0 fully saturated rings. The zero-order chi connectivity index (χ0) is 24.0. The zero-order valence-electron chi connectivity index (χ0n) is 19.2. The van der Waals surface area contributed by atoms with E-state index in [-0.39, 0.29) is 18.6 Å². The molecule has 4 aromatic rings. The number of aryl methyl sites for hydroxylation is 2. The molecule has 1 unspecified atom stereocenters. The third-order valence-electron chi connectivity index (χ3n) is 6.19. The SMILES string of the molecule is C#Cc1cnc(CN(C(=O)c2ccc3nc(N)c4c(c3c2)COC4C)c2cnn(C)c2)cc1C. The zero-order valence-corrected chi connectivity index (χ0v) is 19.2. The van der Waals surface area contributed by atoms with Gasteiger partial charge in [-0.3, -0.25) is 19.4 Å². The van der Waals surface area contributed by atoms with Crippen LogP contribution in [0.15, 0.2) is 42.9 Å². The van der Waals surface area contributed by atoms with Crippen molar-refractivity contribution >= 4 is 28.3 Å². The van der Waals surface area contributed by atoms with Crippen LogP contribution in [0.4, 0.5) is 11.5 Å². The number of fused-ring (bicyclic) bond motifs is 3. The molecule has 0 bridgehead atoms. The number of nitrogens with two attached hydrogens (primary N) is 1. The van der Waals surface area contributed by atoms with Crippen molar-refractivity contribution in [3.8, 4) is 12.3 Å². The number of hydrogen-bond acceptors (Lipinski definition) is 6. The molecule has 1 aromatic carbocycles. The van der Waals surface area contributed by atoms with E-state index in [1.54, 1.807) is 34.2 Å². The molecule has 0 aliphatic carbocycles. The van der Waals surface area contributed by atoms with E-state index >= 15 is 0 Å². The van der Waals surface area contributed by atoms with E-state index in [4.69, 9.17) is 16.9 Å². The van der Waals surface area contributed by atoms with E-state index in [0.717, 1.165) is 38.9 Å². The van der Waals surface area contributed by atoms with Crippen molar-refractivity contribution in [2.24, 2.45) is 7.05 Å². The molecule has 0 saturated carbocycles. The van der Waals surface area contributed by atoms with Gasteiger partial charge in [-0.1, -0.05) is 5.92 Å². The number of benzene rings is 1. The molecule has 4 heterocycles. The van der Waals surface area contributed by atoms with Crippen LogP contribution in [0.5, 0.6) is 0 Å². The standard InChI is InChI=1S/C26H24N6O2/c1-5-17-10-28-19(8-15(17)2)12-32(20-11-29-31(4)13-20)26(33)18-6-7-23-21(9-18)22-14-34-16(3)24(22)25(27)30-23/h1,6-11,13,16H,12,14H2,2-4H3,(H2,27,30). The smallest absolute Gasteiger partial charge is 0.258 e. The number of pyridine rings is 2. The molecule has 34 heavy (non-hydrogen) atoms. The van der Waals surface area contributed by atoms with Gasteiger partial charge in [-0.15, -0.1) is 6.42 Å². The first-order valence-electron chi connectivity index (χ1n) is 10.9. The maximum atomic E-state index is 13.8. The van der Waals surface area contributed by atoms with Gasteiger partial charge in [0.05, 0.1) is 42.4 Å². The Morgan fingerprint density at radius 3 is 2.88 bits per heavy atom. The van der Waals surface area contributed by atoms with E-state index in [0.29, 0.717) is 23.7 Å². The fourth-order valence-electron chi connectivity index (χ4n) is 4.40. The second-order valence-corrected chi connectivity index (χ2v) is 8.47. The third kappa shape index (κ3) is 3.66. The molecular formula is C26H24N6O2. The number of ether oxygens (including phenoxy) is 1. The maximum Gasteiger partial charge on any atom is 0.258 e. The Kier molecular flexibility index (Phi) is 5.27. The summed E-state index contributed by atoms with van der Waals surface area (Å²) < 4.78 is 7.45. The second-order valence-electron chi connectivity index (χ2n) is 8.47. The number of amides is 1. The Bertz CT molecular complexity index is 1480. The highest BCUT2D eigenvalue weighted by atomic mass is 16.5. The number of anilines is 2. The average Bonchev–Trinajstić information content (AvgIpc) is 3.43. The van der Waals surface area contributed by atoms with Gasteiger partial charge in [0.15, 0.2) is 0 Å². The normalized spacial score (nSPS) is 14.7. The molecule has 8 nitrogen and oxygen atoms in total. The van der Waals surface area contributed by atoms with Crippen LogP contribution in [0.25, 0.3) is 10.9 Å². The number of terminal acetylenes is 1. The van der Waals surface area contributed by atoms with Crippen LogP contribution < -0.4 is 10.6 Å². The van der Waals surface area contributed by atoms with Crippen molar-refractivity contribution in [1.82, 2.24) is 19.7 Å². The summed E-state index contributed by atoms with van der Waals surface area (Å²) >= 11 is 0. The number of carbonyl (C=O) groups is 1. The fourth-order valence-corrected chi connectivity index (χ4v) is 4.40. The largest absolute Gasteiger partial charge is 0.383 e. The maximum absolute atomic E-state index is 13.8. The van der Waals surface area contributed by atoms with Gasteiger partial charge in [0.25, 0.3) is 5.91 Å². The molecule has 1 aliphatic rings. The minimum absolute atomic E-state index is 0.126. The number of nitrogen functional groups attached to an aromatic ring is 1. The Labute approximate surface area is 197 Å². The number of carbonyl (C=O) groups excluding carboxylic acids is 1. The highest BCUT2D eigenvalue weighted by Gasteiger charge is 2.27. The highest BCUT2D eigenvalue weighted by molar-refractivity contribution is 6.08. The van der Waals surface area contributed by atoms with Crippen LogP contribution in [0, 0.1) is 19.3 Å². The molecular weight excluding hydrogens is 428 g/mol. The summed E-state index contributed by atoms with van der Waals surface area (Å²) in [5.74, 6) is 2.92. The Morgan fingerprint density at radius 2 is 2.18 bits per heavy atom. The van der Waals surface area contributed by atoms with Gasteiger partial charge in [0.1, 0.15) is 5.82 Å². The molecule has 2 N–H and O–H groups in total. The first-order chi connectivity index (χ1) is 16.4. The number of nitrogens with zero attached hydrogens (tertiary/aromatic N) is 5. The van der Waals surface area contributed by atoms with Gasteiger partial charge in [-0.05, 0) is 49.2 Å². The Balaban J connectivity index is 1.57. The number of aromatic nitrogens is 4. The summed E-state index contributed by atoms with van der Waals surface area (Å²) in [5, 5.41) is 5.12. The summed E-state index contributed by atoms with van der Waals surface area (Å²) in [6.45, 7) is 4.60. The number of hydrogen-bond donors (Lipinski definition) is 1. The summed E-state index contributed by atoms with van der Waals surface area (Å²) in [6.07, 6.45) is 10.5. The fraction of sp³-hybridized carbons (Fsp3) is 0.231. The molecule has 0 saturated heterocycles. The van der Waals surface area contributed by atoms with Crippen molar-refractivity contribution in [2.45, 2.75) is 33.1 Å². The monoisotopic (exact) mass is 452 g/mol. The quantitative estimate of drug-likeness (QED) is 0.474. The van der Waals surface area contributed by atoms with Crippen molar-refractivity contribution in [1.29, 1.82) is 0 Å². The van der Waals surface area contributed by atoms with Crippen LogP contribution in [0.2, 0.25) is 0 Å². The number of rotatable bonds is 4. The summed E-state index contributed by atoms with van der Waals surface area (Å²) in [6, 6.07) is 7.37. The van der Waals surface area contributed by atoms with Crippen LogP contribution in [-0.4, -0.2) is 25.7 Å². The van der Waals surface area contributed by atoms with Crippen molar-refractivity contribution in [2.75, 3.05) is 10.6 Å². The molecule has 1 aliphatic heterocycles. The van der Waals surface area contributed by atoms with Crippen LogP contribution >= 0.6 is 0 Å². The first kappa shape index (κ1) is 21.6. The minimum atomic E-state index is -0.173. The van der Waals surface area contributed by atoms with Crippen LogP contribution in [0.3, 0.4) is 0 Å². The van der Waals surface area contributed by atoms with E-state index in [1.165, 1.54) is 0 Å². The average molecular weight is 453 g/mol. The van der Waals surface area contributed by atoms with Gasteiger partial charge in [0, 0.05) is 41.5 Å². The highest BCUT2D eigenvalue weighted by Crippen LogP contribution is 2.38. The van der Waals surface area contributed by atoms with Crippen LogP contribution in [-0.2, 0) is 24.9 Å². The van der Waals surface area contributed by atoms with Crippen LogP contribution in [0.1, 0.15) is 51.3 Å². The lowest BCUT2D eigenvalue weighted by atomic mass is 10.00. The van der Waals surface area contributed by atoms with Gasteiger partial charge < -0.3 is 10.5 Å². The topological polar surface area (TPSA) is 99.2 Å². The Hall–Kier alpha value is -4.22. The van der Waals surface area contributed by atoms with Gasteiger partial charge in [-0.2, -0.15) is 5.10 Å². The molecule has 0 radical (unpaired) electrons. The first-order valence-corrected chi connectivity index (χ1v) is 10.9. The lowest BCUT2D eigenvalue weighted by molar-refractivity contribution is 0.0801. The van der Waals surface area contributed by atoms with E-state index < -0.39 is 0 Å². The lowest BCUT2D eigenvalue weighted by Crippen LogP contribution is -2.30. The van der Waals surface area contributed by atoms with E-state index in [1.807, 2.05) is 39.1 Å². The predicted molar refractivity (Wildman–Crippen MR) is 130 cm³/mol. The lowest BCUT2D eigenvalue weighted by Gasteiger charge is -2.21. The second kappa shape index (κ2) is 8.28.